The molecule has 1 fully saturated rings. The van der Waals surface area contributed by atoms with E-state index in [0.717, 1.165) is 24.8 Å². The quantitative estimate of drug-likeness (QED) is 0.320. The van der Waals surface area contributed by atoms with Crippen molar-refractivity contribution in [1.82, 2.24) is 25.6 Å². The Morgan fingerprint density at radius 3 is 2.71 bits per heavy atom. The Bertz CT molecular complexity index is 1590. The van der Waals surface area contributed by atoms with Crippen molar-refractivity contribution in [3.8, 4) is 11.3 Å². The summed E-state index contributed by atoms with van der Waals surface area (Å²) < 4.78 is 0. The fraction of sp³-hybridized carbons (Fsp3) is 0.185. The number of urea groups is 1. The van der Waals surface area contributed by atoms with Gasteiger partial charge in [-0.1, -0.05) is 6.58 Å². The molecule has 4 aromatic rings. The van der Waals surface area contributed by atoms with Crippen molar-refractivity contribution in [2.75, 3.05) is 10.2 Å². The molecule has 2 aliphatic rings. The van der Waals surface area contributed by atoms with Crippen LogP contribution in [-0.2, 0) is 4.79 Å². The summed E-state index contributed by atoms with van der Waals surface area (Å²) in [5.41, 5.74) is 3.21. The Kier molecular flexibility index (Phi) is 6.04. The van der Waals surface area contributed by atoms with Crippen molar-refractivity contribution < 1.29 is 14.4 Å². The highest BCUT2D eigenvalue weighted by atomic mass is 32.1. The van der Waals surface area contributed by atoms with E-state index < -0.39 is 6.03 Å². The molecule has 0 radical (unpaired) electrons. The summed E-state index contributed by atoms with van der Waals surface area (Å²) in [4.78, 5) is 54.3. The zero-order valence-corrected chi connectivity index (χ0v) is 21.0. The molecule has 10 nitrogen and oxygen atoms in total. The summed E-state index contributed by atoms with van der Waals surface area (Å²) in [6.07, 6.45) is 10.3. The minimum absolute atomic E-state index is 0.172. The molecule has 1 saturated carbocycles. The maximum absolute atomic E-state index is 13.4. The molecule has 6 rings (SSSR count). The minimum Gasteiger partial charge on any atom is -0.348 e. The normalized spacial score (nSPS) is 18.2. The summed E-state index contributed by atoms with van der Waals surface area (Å²) in [5, 5.41) is 9.56. The Morgan fingerprint density at radius 2 is 1.92 bits per heavy atom. The van der Waals surface area contributed by atoms with E-state index in [1.807, 2.05) is 18.2 Å². The Balaban J connectivity index is 1.34. The highest BCUT2D eigenvalue weighted by molar-refractivity contribution is 7.21. The van der Waals surface area contributed by atoms with Gasteiger partial charge in [0.05, 0.1) is 28.1 Å². The predicted molar refractivity (Wildman–Crippen MR) is 145 cm³/mol. The zero-order valence-electron chi connectivity index (χ0n) is 20.2. The fourth-order valence-corrected chi connectivity index (χ4v) is 6.03. The van der Waals surface area contributed by atoms with Crippen molar-refractivity contribution in [2.24, 2.45) is 0 Å². The van der Waals surface area contributed by atoms with Crippen LogP contribution in [0.4, 0.5) is 21.9 Å². The van der Waals surface area contributed by atoms with E-state index in [9.17, 15) is 14.4 Å². The number of nitrogens with zero attached hydrogens (tertiary/aromatic N) is 4. The second-order valence-corrected chi connectivity index (χ2v) is 10.1. The van der Waals surface area contributed by atoms with Crippen LogP contribution in [0.25, 0.3) is 21.5 Å². The number of carbonyl (C=O) groups excluding carboxylic acids is 3. The summed E-state index contributed by atoms with van der Waals surface area (Å²) in [6, 6.07) is 8.30. The molecular weight excluding hydrogens is 502 g/mol. The molecule has 0 bridgehead atoms. The molecule has 0 aromatic carbocycles. The van der Waals surface area contributed by atoms with Crippen molar-refractivity contribution in [1.29, 1.82) is 0 Å². The monoisotopic (exact) mass is 525 g/mol. The van der Waals surface area contributed by atoms with Gasteiger partial charge in [0.25, 0.3) is 5.91 Å². The lowest BCUT2D eigenvalue weighted by atomic mass is 10.1. The predicted octanol–water partition coefficient (Wildman–Crippen LogP) is 4.39. The Hall–Kier alpha value is -4.64. The van der Waals surface area contributed by atoms with Gasteiger partial charge in [-0.15, -0.1) is 11.3 Å². The van der Waals surface area contributed by atoms with Gasteiger partial charge in [0.1, 0.15) is 9.71 Å². The average molecular weight is 526 g/mol. The van der Waals surface area contributed by atoms with Gasteiger partial charge < -0.3 is 16.0 Å². The summed E-state index contributed by atoms with van der Waals surface area (Å²) >= 11 is 1.22. The molecule has 0 saturated heterocycles. The topological polar surface area (TPSA) is 129 Å². The number of hydrogen-bond donors (Lipinski definition) is 3. The first-order chi connectivity index (χ1) is 18.5. The zero-order chi connectivity index (χ0) is 26.2. The smallest absolute Gasteiger partial charge is 0.331 e. The number of carbonyl (C=O) groups is 3. The van der Waals surface area contributed by atoms with Crippen molar-refractivity contribution in [3.05, 3.63) is 72.7 Å². The molecule has 4 aromatic heterocycles. The van der Waals surface area contributed by atoms with Crippen LogP contribution < -0.4 is 20.9 Å². The molecule has 5 heterocycles. The second-order valence-electron chi connectivity index (χ2n) is 9.05. The summed E-state index contributed by atoms with van der Waals surface area (Å²) in [6.45, 7) is 3.50. The molecule has 1 aliphatic heterocycles. The standard InChI is InChI=1S/C27H23N7O3S/c1-2-21(35)31-17-6-3-7-18(17)32-25(36)24-23-22-20(9-12-30-26(22)38-24)34(27(37)33-23)16-8-11-29-19(13-16)15-5-4-10-28-14-15/h2,4-5,8-14,17-18H,1,3,6-7H2,(H,31,35)(H,32,36)(H,33,37)/t17-,18?/m1/s1. The van der Waals surface area contributed by atoms with Gasteiger partial charge in [0.15, 0.2) is 0 Å². The number of aromatic nitrogens is 3. The lowest BCUT2D eigenvalue weighted by Crippen LogP contribution is -2.48. The molecule has 190 valence electrons. The highest BCUT2D eigenvalue weighted by Gasteiger charge is 2.35. The fourth-order valence-electron chi connectivity index (χ4n) is 5.01. The minimum atomic E-state index is -0.391. The van der Waals surface area contributed by atoms with Gasteiger partial charge in [-0.05, 0) is 55.7 Å². The third-order valence-electron chi connectivity index (χ3n) is 6.76. The van der Waals surface area contributed by atoms with Gasteiger partial charge in [0.2, 0.25) is 5.91 Å². The number of thiophene rings is 1. The maximum atomic E-state index is 13.4. The number of amides is 4. The van der Waals surface area contributed by atoms with E-state index >= 15 is 0 Å². The van der Waals surface area contributed by atoms with E-state index in [1.54, 1.807) is 41.8 Å². The van der Waals surface area contributed by atoms with Crippen LogP contribution in [0.5, 0.6) is 0 Å². The molecule has 1 aliphatic carbocycles. The first kappa shape index (κ1) is 23.7. The van der Waals surface area contributed by atoms with E-state index in [0.29, 0.717) is 37.8 Å². The van der Waals surface area contributed by atoms with Crippen molar-refractivity contribution >= 4 is 56.5 Å². The molecule has 38 heavy (non-hydrogen) atoms. The van der Waals surface area contributed by atoms with Crippen LogP contribution >= 0.6 is 11.3 Å². The first-order valence-electron chi connectivity index (χ1n) is 12.2. The van der Waals surface area contributed by atoms with Crippen LogP contribution in [0.2, 0.25) is 0 Å². The molecule has 3 N–H and O–H groups in total. The lowest BCUT2D eigenvalue weighted by Gasteiger charge is -2.28. The van der Waals surface area contributed by atoms with Gasteiger partial charge in [0, 0.05) is 42.4 Å². The van der Waals surface area contributed by atoms with E-state index in [4.69, 9.17) is 0 Å². The lowest BCUT2D eigenvalue weighted by molar-refractivity contribution is -0.117. The number of nitrogens with one attached hydrogen (secondary N) is 3. The van der Waals surface area contributed by atoms with E-state index in [-0.39, 0.29) is 23.9 Å². The van der Waals surface area contributed by atoms with Gasteiger partial charge in [-0.3, -0.25) is 24.5 Å². The molecule has 11 heteroatoms. The Labute approximate surface area is 221 Å². The van der Waals surface area contributed by atoms with Gasteiger partial charge >= 0.3 is 6.03 Å². The molecule has 2 atom stereocenters. The second kappa shape index (κ2) is 9.67. The Morgan fingerprint density at radius 1 is 1.11 bits per heavy atom. The van der Waals surface area contributed by atoms with Crippen LogP contribution in [-0.4, -0.2) is 44.9 Å². The number of anilines is 3. The van der Waals surface area contributed by atoms with E-state index in [1.165, 1.54) is 17.4 Å². The van der Waals surface area contributed by atoms with Crippen molar-refractivity contribution in [2.45, 2.75) is 31.3 Å². The maximum Gasteiger partial charge on any atom is 0.331 e. The largest absolute Gasteiger partial charge is 0.348 e. The molecule has 4 amide bonds. The summed E-state index contributed by atoms with van der Waals surface area (Å²) in [7, 11) is 0. The van der Waals surface area contributed by atoms with Crippen LogP contribution in [0.3, 0.4) is 0 Å². The van der Waals surface area contributed by atoms with Crippen LogP contribution in [0.1, 0.15) is 28.9 Å². The molecule has 1 unspecified atom stereocenters. The van der Waals surface area contributed by atoms with Crippen LogP contribution in [0.15, 0.2) is 67.8 Å². The summed E-state index contributed by atoms with van der Waals surface area (Å²) in [5.74, 6) is -0.577. The number of rotatable bonds is 6. The average Bonchev–Trinajstić information content (AvgIpc) is 3.54. The van der Waals surface area contributed by atoms with Gasteiger partial charge in [-0.2, -0.15) is 0 Å². The third kappa shape index (κ3) is 4.16. The highest BCUT2D eigenvalue weighted by Crippen LogP contribution is 2.46. The van der Waals surface area contributed by atoms with E-state index in [2.05, 4.69) is 37.5 Å². The molecule has 0 spiro atoms. The third-order valence-corrected chi connectivity index (χ3v) is 7.85. The first-order valence-corrected chi connectivity index (χ1v) is 13.0. The number of hydrogen-bond acceptors (Lipinski definition) is 7. The number of pyridine rings is 3. The van der Waals surface area contributed by atoms with Gasteiger partial charge in [-0.25, -0.2) is 9.78 Å². The SMILES string of the molecule is C=CC(=O)N[C@@H]1CCCC1NC(=O)c1sc2nccc3c2c1NC(=O)N3c1ccnc(-c2cccnc2)c1. The van der Waals surface area contributed by atoms with Crippen molar-refractivity contribution in [3.63, 3.8) is 0 Å². The van der Waals surface area contributed by atoms with Crippen LogP contribution in [0, 0.1) is 0 Å². The molecular formula is C27H23N7O3S.